The molecule has 35 heavy (non-hydrogen) atoms. The Morgan fingerprint density at radius 3 is 2.34 bits per heavy atom. The van der Waals surface area contributed by atoms with Crippen molar-refractivity contribution in [3.8, 4) is 11.5 Å². The highest BCUT2D eigenvalue weighted by molar-refractivity contribution is 5.94. The lowest BCUT2D eigenvalue weighted by atomic mass is 10.1. The first kappa shape index (κ1) is 24.8. The first-order valence-corrected chi connectivity index (χ1v) is 11.9. The van der Waals surface area contributed by atoms with Gasteiger partial charge in [0.05, 0.1) is 33.5 Å². The van der Waals surface area contributed by atoms with E-state index in [0.717, 1.165) is 24.3 Å². The van der Waals surface area contributed by atoms with Crippen molar-refractivity contribution in [2.24, 2.45) is 0 Å². The number of para-hydroxylation sites is 1. The summed E-state index contributed by atoms with van der Waals surface area (Å²) in [5, 5.41) is 0. The lowest BCUT2D eigenvalue weighted by Gasteiger charge is -2.31. The Bertz CT molecular complexity index is 1020. The zero-order valence-electron chi connectivity index (χ0n) is 20.4. The molecule has 2 fully saturated rings. The molecule has 9 heteroatoms. The third-order valence-corrected chi connectivity index (χ3v) is 6.22. The van der Waals surface area contributed by atoms with Crippen LogP contribution in [0.1, 0.15) is 15.9 Å². The smallest absolute Gasteiger partial charge is 0.260 e. The van der Waals surface area contributed by atoms with Crippen molar-refractivity contribution in [2.75, 3.05) is 78.3 Å². The molecular weight excluding hydrogens is 450 g/mol. The van der Waals surface area contributed by atoms with E-state index in [1.54, 1.807) is 35.0 Å². The van der Waals surface area contributed by atoms with Crippen LogP contribution in [0.3, 0.4) is 0 Å². The topological polar surface area (TPSA) is 80.8 Å². The molecule has 0 aliphatic carbocycles. The first-order valence-electron chi connectivity index (χ1n) is 11.9. The number of hydrogen-bond donors (Lipinski definition) is 0. The minimum Gasteiger partial charge on any atom is -0.493 e. The van der Waals surface area contributed by atoms with E-state index in [1.165, 1.54) is 7.11 Å². The van der Waals surface area contributed by atoms with Crippen molar-refractivity contribution in [3.63, 3.8) is 0 Å². The molecule has 0 bridgehead atoms. The predicted molar refractivity (Wildman–Crippen MR) is 131 cm³/mol. The predicted octanol–water partition coefficient (Wildman–Crippen LogP) is 2.04. The zero-order valence-corrected chi connectivity index (χ0v) is 20.4. The molecule has 0 saturated carbocycles. The quantitative estimate of drug-likeness (QED) is 0.569. The fraction of sp³-hybridized carbons (Fsp3) is 0.462. The molecule has 188 valence electrons. The van der Waals surface area contributed by atoms with E-state index < -0.39 is 0 Å². The second-order valence-electron chi connectivity index (χ2n) is 8.54. The summed E-state index contributed by atoms with van der Waals surface area (Å²) < 4.78 is 21.9. The number of methoxy groups -OCH3 is 1. The second-order valence-corrected chi connectivity index (χ2v) is 8.54. The molecule has 9 nitrogen and oxygen atoms in total. The molecule has 0 spiro atoms. The number of anilines is 1. The van der Waals surface area contributed by atoms with Crippen molar-refractivity contribution in [3.05, 3.63) is 53.6 Å². The highest BCUT2D eigenvalue weighted by atomic mass is 16.5. The molecule has 2 aromatic rings. The van der Waals surface area contributed by atoms with Gasteiger partial charge in [0.25, 0.3) is 11.8 Å². The van der Waals surface area contributed by atoms with Gasteiger partial charge in [0.1, 0.15) is 0 Å². The van der Waals surface area contributed by atoms with E-state index in [4.69, 9.17) is 18.9 Å². The van der Waals surface area contributed by atoms with Gasteiger partial charge in [-0.3, -0.25) is 9.59 Å². The maximum atomic E-state index is 13.2. The molecule has 0 atom stereocenters. The van der Waals surface area contributed by atoms with Crippen molar-refractivity contribution in [1.29, 1.82) is 0 Å². The van der Waals surface area contributed by atoms with Crippen LogP contribution in [0.4, 0.5) is 5.69 Å². The molecule has 0 radical (unpaired) electrons. The largest absolute Gasteiger partial charge is 0.493 e. The maximum Gasteiger partial charge on any atom is 0.260 e. The van der Waals surface area contributed by atoms with Crippen molar-refractivity contribution >= 4 is 17.5 Å². The Hall–Kier alpha value is -3.30. The number of nitrogens with zero attached hydrogens (tertiary/aromatic N) is 3. The van der Waals surface area contributed by atoms with Crippen LogP contribution in [0.2, 0.25) is 0 Å². The molecular formula is C26H33N3O6. The maximum absolute atomic E-state index is 13.2. The van der Waals surface area contributed by atoms with Gasteiger partial charge >= 0.3 is 0 Å². The van der Waals surface area contributed by atoms with Crippen molar-refractivity contribution in [1.82, 2.24) is 9.80 Å². The third kappa shape index (κ3) is 6.23. The molecule has 0 unspecified atom stereocenters. The Morgan fingerprint density at radius 1 is 0.943 bits per heavy atom. The fourth-order valence-corrected chi connectivity index (χ4v) is 4.27. The SMILES string of the molecule is COc1cc(C(=O)N(C)Cc2ccccc2N2CCOCC2)ccc1OCC(=O)N1CCOCC1. The Morgan fingerprint density at radius 2 is 1.63 bits per heavy atom. The molecule has 2 saturated heterocycles. The summed E-state index contributed by atoms with van der Waals surface area (Å²) in [5.74, 6) is 0.601. The highest BCUT2D eigenvalue weighted by Gasteiger charge is 2.21. The number of carbonyl (C=O) groups is 2. The molecule has 2 aliphatic heterocycles. The Balaban J connectivity index is 1.40. The molecule has 0 aromatic heterocycles. The second kappa shape index (κ2) is 11.9. The molecule has 2 heterocycles. The first-order chi connectivity index (χ1) is 17.1. The molecule has 2 aliphatic rings. The van der Waals surface area contributed by atoms with Gasteiger partial charge in [0.2, 0.25) is 0 Å². The standard InChI is InChI=1S/C26H33N3O6/c1-27(18-21-5-3-4-6-22(21)28-9-13-33-14-10-28)26(31)20-7-8-23(24(17-20)32-2)35-19-25(30)29-11-15-34-16-12-29/h3-8,17H,9-16,18-19H2,1-2H3. The van der Waals surface area contributed by atoms with E-state index in [-0.39, 0.29) is 18.4 Å². The van der Waals surface area contributed by atoms with Gasteiger partial charge in [-0.15, -0.1) is 0 Å². The minimum atomic E-state index is -0.129. The molecule has 2 amide bonds. The number of hydrogen-bond acceptors (Lipinski definition) is 7. The lowest BCUT2D eigenvalue weighted by Crippen LogP contribution is -2.43. The van der Waals surface area contributed by atoms with E-state index in [9.17, 15) is 9.59 Å². The van der Waals surface area contributed by atoms with Crippen LogP contribution < -0.4 is 14.4 Å². The van der Waals surface area contributed by atoms with E-state index in [1.807, 2.05) is 12.1 Å². The zero-order chi connectivity index (χ0) is 24.6. The fourth-order valence-electron chi connectivity index (χ4n) is 4.27. The number of ether oxygens (including phenoxy) is 4. The Labute approximate surface area is 206 Å². The summed E-state index contributed by atoms with van der Waals surface area (Å²) in [6.45, 7) is 5.66. The van der Waals surface area contributed by atoms with Gasteiger partial charge in [-0.05, 0) is 29.8 Å². The average Bonchev–Trinajstić information content (AvgIpc) is 2.92. The van der Waals surface area contributed by atoms with Gasteiger partial charge in [-0.1, -0.05) is 18.2 Å². The molecule has 2 aromatic carbocycles. The van der Waals surface area contributed by atoms with Crippen molar-refractivity contribution < 1.29 is 28.5 Å². The third-order valence-electron chi connectivity index (χ3n) is 6.22. The van der Waals surface area contributed by atoms with Crippen molar-refractivity contribution in [2.45, 2.75) is 6.54 Å². The summed E-state index contributed by atoms with van der Waals surface area (Å²) in [4.78, 5) is 31.3. The van der Waals surface area contributed by atoms with Crippen LogP contribution in [0.25, 0.3) is 0 Å². The highest BCUT2D eigenvalue weighted by Crippen LogP contribution is 2.29. The molecule has 4 rings (SSSR count). The summed E-state index contributed by atoms with van der Waals surface area (Å²) in [6, 6.07) is 13.2. The van der Waals surface area contributed by atoms with Gasteiger partial charge in [-0.25, -0.2) is 0 Å². The number of benzene rings is 2. The summed E-state index contributed by atoms with van der Waals surface area (Å²) in [7, 11) is 3.30. The van der Waals surface area contributed by atoms with E-state index in [2.05, 4.69) is 17.0 Å². The van der Waals surface area contributed by atoms with Gasteiger partial charge in [-0.2, -0.15) is 0 Å². The lowest BCUT2D eigenvalue weighted by molar-refractivity contribution is -0.137. The van der Waals surface area contributed by atoms with Gasteiger partial charge < -0.3 is 33.6 Å². The summed E-state index contributed by atoms with van der Waals surface area (Å²) >= 11 is 0. The number of rotatable bonds is 8. The van der Waals surface area contributed by atoms with Crippen LogP contribution in [-0.4, -0.2) is 95.0 Å². The van der Waals surface area contributed by atoms with Crippen LogP contribution in [0.5, 0.6) is 11.5 Å². The summed E-state index contributed by atoms with van der Waals surface area (Å²) in [6.07, 6.45) is 0. The normalized spacial score (nSPS) is 16.1. The van der Waals surface area contributed by atoms with E-state index in [0.29, 0.717) is 63.1 Å². The van der Waals surface area contributed by atoms with Crippen LogP contribution in [-0.2, 0) is 20.8 Å². The van der Waals surface area contributed by atoms with Crippen LogP contribution in [0.15, 0.2) is 42.5 Å². The van der Waals surface area contributed by atoms with E-state index >= 15 is 0 Å². The molecule has 0 N–H and O–H groups in total. The number of amides is 2. The van der Waals surface area contributed by atoms with Crippen LogP contribution in [0, 0.1) is 0 Å². The van der Waals surface area contributed by atoms with Gasteiger partial charge in [0, 0.05) is 51.0 Å². The Kier molecular flexibility index (Phi) is 8.44. The average molecular weight is 484 g/mol. The van der Waals surface area contributed by atoms with Crippen LogP contribution >= 0.6 is 0 Å². The monoisotopic (exact) mass is 483 g/mol. The minimum absolute atomic E-state index is 0.0954. The summed E-state index contributed by atoms with van der Waals surface area (Å²) in [5.41, 5.74) is 2.69. The number of morpholine rings is 2. The number of carbonyl (C=O) groups excluding carboxylic acids is 2. The van der Waals surface area contributed by atoms with Gasteiger partial charge in [0.15, 0.2) is 18.1 Å².